The van der Waals surface area contributed by atoms with E-state index in [0.29, 0.717) is 61.1 Å². The predicted octanol–water partition coefficient (Wildman–Crippen LogP) is 2.58. The second kappa shape index (κ2) is 9.27. The van der Waals surface area contributed by atoms with Crippen LogP contribution in [0.3, 0.4) is 0 Å². The van der Waals surface area contributed by atoms with Crippen molar-refractivity contribution in [3.63, 3.8) is 0 Å². The van der Waals surface area contributed by atoms with E-state index in [1.54, 1.807) is 43.8 Å². The van der Waals surface area contributed by atoms with Gasteiger partial charge in [0.15, 0.2) is 11.5 Å². The van der Waals surface area contributed by atoms with E-state index < -0.39 is 10.0 Å². The molecule has 0 spiro atoms. The van der Waals surface area contributed by atoms with Crippen molar-refractivity contribution in [2.24, 2.45) is 5.92 Å². The van der Waals surface area contributed by atoms with Gasteiger partial charge in [-0.2, -0.15) is 9.40 Å². The summed E-state index contributed by atoms with van der Waals surface area (Å²) >= 11 is 0. The Balaban J connectivity index is 1.66. The van der Waals surface area contributed by atoms with Crippen molar-refractivity contribution in [2.45, 2.75) is 45.1 Å². The number of ether oxygens (including phenoxy) is 2. The Morgan fingerprint density at radius 1 is 1.16 bits per heavy atom. The minimum atomic E-state index is -3.65. The molecule has 1 amide bonds. The lowest BCUT2D eigenvalue weighted by Gasteiger charge is -2.30. The minimum Gasteiger partial charge on any atom is -0.493 e. The van der Waals surface area contributed by atoms with Crippen LogP contribution in [0.4, 0.5) is 5.69 Å². The molecule has 170 valence electrons. The Labute approximate surface area is 183 Å². The number of sulfonamides is 1. The lowest BCUT2D eigenvalue weighted by molar-refractivity contribution is -0.120. The molecule has 1 aromatic heterocycles. The molecule has 0 bridgehead atoms. The fraction of sp³-hybridized carbons (Fsp3) is 0.524. The van der Waals surface area contributed by atoms with Crippen molar-refractivity contribution >= 4 is 21.6 Å². The number of aryl methyl sites for hydroxylation is 2. The van der Waals surface area contributed by atoms with Gasteiger partial charge in [-0.3, -0.25) is 9.48 Å². The summed E-state index contributed by atoms with van der Waals surface area (Å²) in [5, 5.41) is 7.23. The van der Waals surface area contributed by atoms with Crippen LogP contribution in [0.25, 0.3) is 0 Å². The normalized spacial score (nSPS) is 15.6. The largest absolute Gasteiger partial charge is 0.493 e. The highest BCUT2D eigenvalue weighted by Gasteiger charge is 2.35. The molecule has 0 atom stereocenters. The molecule has 0 aliphatic carbocycles. The summed E-state index contributed by atoms with van der Waals surface area (Å²) in [4.78, 5) is 13.0. The first kappa shape index (κ1) is 23.1. The van der Waals surface area contributed by atoms with Crippen molar-refractivity contribution in [1.82, 2.24) is 14.1 Å². The number of anilines is 1. The predicted molar refractivity (Wildman–Crippen MR) is 117 cm³/mol. The third kappa shape index (κ3) is 4.54. The molecule has 0 radical (unpaired) electrons. The molecular weight excluding hydrogens is 420 g/mol. The summed E-state index contributed by atoms with van der Waals surface area (Å²) in [5.41, 5.74) is 1.76. The zero-order chi connectivity index (χ0) is 22.8. The number of hydrogen-bond acceptors (Lipinski definition) is 6. The molecule has 0 unspecified atom stereocenters. The monoisotopic (exact) mass is 450 g/mol. The average Bonchev–Trinajstić information content (AvgIpc) is 3.07. The highest BCUT2D eigenvalue weighted by Crippen LogP contribution is 2.31. The van der Waals surface area contributed by atoms with Gasteiger partial charge in [0.05, 0.1) is 25.6 Å². The first-order chi connectivity index (χ1) is 14.7. The van der Waals surface area contributed by atoms with Gasteiger partial charge in [0.1, 0.15) is 4.90 Å². The molecule has 1 N–H and O–H groups in total. The topological polar surface area (TPSA) is 103 Å². The van der Waals surface area contributed by atoms with Gasteiger partial charge in [-0.05, 0) is 45.7 Å². The van der Waals surface area contributed by atoms with E-state index in [1.807, 2.05) is 6.92 Å². The lowest BCUT2D eigenvalue weighted by atomic mass is 9.97. The molecular formula is C21H30N4O5S. The maximum absolute atomic E-state index is 13.2. The summed E-state index contributed by atoms with van der Waals surface area (Å²) in [7, 11) is -0.565. The number of piperidine rings is 1. The quantitative estimate of drug-likeness (QED) is 0.696. The zero-order valence-electron chi connectivity index (χ0n) is 18.6. The highest BCUT2D eigenvalue weighted by atomic mass is 32.2. The number of amides is 1. The van der Waals surface area contributed by atoms with Crippen LogP contribution in [0.5, 0.6) is 11.5 Å². The van der Waals surface area contributed by atoms with E-state index in [4.69, 9.17) is 9.47 Å². The van der Waals surface area contributed by atoms with Crippen molar-refractivity contribution in [3.8, 4) is 11.5 Å². The Morgan fingerprint density at radius 2 is 1.81 bits per heavy atom. The summed E-state index contributed by atoms with van der Waals surface area (Å²) in [6.07, 6.45) is 0.913. The van der Waals surface area contributed by atoms with Gasteiger partial charge in [0.25, 0.3) is 0 Å². The van der Waals surface area contributed by atoms with Gasteiger partial charge in [0, 0.05) is 37.3 Å². The molecule has 1 aliphatic rings. The number of hydrogen-bond donors (Lipinski definition) is 1. The van der Waals surface area contributed by atoms with E-state index in [9.17, 15) is 13.2 Å². The summed E-state index contributed by atoms with van der Waals surface area (Å²) in [5.74, 6) is 0.714. The average molecular weight is 451 g/mol. The van der Waals surface area contributed by atoms with Gasteiger partial charge in [-0.25, -0.2) is 8.42 Å². The Kier molecular flexibility index (Phi) is 6.90. The van der Waals surface area contributed by atoms with Crippen LogP contribution < -0.4 is 14.8 Å². The summed E-state index contributed by atoms with van der Waals surface area (Å²) in [6, 6.07) is 5.17. The van der Waals surface area contributed by atoms with Crippen LogP contribution in [-0.4, -0.2) is 55.7 Å². The number of carbonyl (C=O) groups is 1. The van der Waals surface area contributed by atoms with Crippen LogP contribution in [0.2, 0.25) is 0 Å². The van der Waals surface area contributed by atoms with Gasteiger partial charge in [-0.1, -0.05) is 0 Å². The Hall–Kier alpha value is -2.59. The maximum Gasteiger partial charge on any atom is 0.246 e. The van der Waals surface area contributed by atoms with E-state index in [2.05, 4.69) is 10.4 Å². The lowest BCUT2D eigenvalue weighted by Crippen LogP contribution is -2.41. The SMILES string of the molecule is CCn1nc(C)c(S(=O)(=O)N2CCC(C(=O)Nc3ccc(OC)c(OC)c3)CC2)c1C. The number of carbonyl (C=O) groups excluding carboxylic acids is 1. The van der Waals surface area contributed by atoms with Crippen LogP contribution in [0.1, 0.15) is 31.2 Å². The molecule has 2 aromatic rings. The molecule has 10 heteroatoms. The number of nitrogens with zero attached hydrogens (tertiary/aromatic N) is 3. The van der Waals surface area contributed by atoms with Crippen LogP contribution in [0, 0.1) is 19.8 Å². The highest BCUT2D eigenvalue weighted by molar-refractivity contribution is 7.89. The van der Waals surface area contributed by atoms with Crippen LogP contribution >= 0.6 is 0 Å². The fourth-order valence-electron chi connectivity index (χ4n) is 4.01. The smallest absolute Gasteiger partial charge is 0.246 e. The number of rotatable bonds is 7. The number of benzene rings is 1. The van der Waals surface area contributed by atoms with Gasteiger partial charge >= 0.3 is 0 Å². The minimum absolute atomic E-state index is 0.129. The van der Waals surface area contributed by atoms with Crippen molar-refractivity contribution in [3.05, 3.63) is 29.6 Å². The van der Waals surface area contributed by atoms with E-state index in [0.717, 1.165) is 0 Å². The van der Waals surface area contributed by atoms with E-state index in [-0.39, 0.29) is 16.7 Å². The number of nitrogens with one attached hydrogen (secondary N) is 1. The molecule has 3 rings (SSSR count). The van der Waals surface area contributed by atoms with E-state index in [1.165, 1.54) is 11.4 Å². The Morgan fingerprint density at radius 3 is 2.35 bits per heavy atom. The summed E-state index contributed by atoms with van der Waals surface area (Å²) in [6.45, 7) is 6.62. The van der Waals surface area contributed by atoms with E-state index >= 15 is 0 Å². The first-order valence-corrected chi connectivity index (χ1v) is 11.7. The third-order valence-corrected chi connectivity index (χ3v) is 7.84. The second-order valence-corrected chi connectivity index (χ2v) is 9.43. The Bertz CT molecular complexity index is 1060. The number of methoxy groups -OCH3 is 2. The zero-order valence-corrected chi connectivity index (χ0v) is 19.5. The van der Waals surface area contributed by atoms with Gasteiger partial charge in [-0.15, -0.1) is 0 Å². The third-order valence-electron chi connectivity index (χ3n) is 5.69. The molecule has 2 heterocycles. The molecule has 31 heavy (non-hydrogen) atoms. The van der Waals surface area contributed by atoms with Crippen molar-refractivity contribution in [1.29, 1.82) is 0 Å². The summed E-state index contributed by atoms with van der Waals surface area (Å²) < 4.78 is 40.1. The van der Waals surface area contributed by atoms with Gasteiger partial charge in [0.2, 0.25) is 15.9 Å². The van der Waals surface area contributed by atoms with Crippen molar-refractivity contribution in [2.75, 3.05) is 32.6 Å². The van der Waals surface area contributed by atoms with Crippen molar-refractivity contribution < 1.29 is 22.7 Å². The van der Waals surface area contributed by atoms with Crippen LogP contribution in [-0.2, 0) is 21.4 Å². The molecule has 0 saturated carbocycles. The molecule has 1 aromatic carbocycles. The van der Waals surface area contributed by atoms with Crippen LogP contribution in [0.15, 0.2) is 23.1 Å². The van der Waals surface area contributed by atoms with Gasteiger partial charge < -0.3 is 14.8 Å². The first-order valence-electron chi connectivity index (χ1n) is 10.3. The standard InChI is InChI=1S/C21H30N4O5S/c1-6-25-15(3)20(14(2)23-25)31(27,28)24-11-9-16(10-12-24)21(26)22-17-7-8-18(29-4)19(13-17)30-5/h7-8,13,16H,6,9-12H2,1-5H3,(H,22,26). The fourth-order valence-corrected chi connectivity index (χ4v) is 5.85. The number of aromatic nitrogens is 2. The maximum atomic E-state index is 13.2. The molecule has 1 saturated heterocycles. The molecule has 1 aliphatic heterocycles. The molecule has 9 nitrogen and oxygen atoms in total. The second-order valence-electron chi connectivity index (χ2n) is 7.55. The molecule has 1 fully saturated rings.